The van der Waals surface area contributed by atoms with Crippen LogP contribution in [0.2, 0.25) is 10.0 Å². The third-order valence-corrected chi connectivity index (χ3v) is 9.16. The molecule has 3 aromatic rings. The lowest BCUT2D eigenvalue weighted by atomic mass is 10.1. The summed E-state index contributed by atoms with van der Waals surface area (Å²) in [5.41, 5.74) is 1.77. The number of carbonyl (C=O) groups excluding carboxylic acids is 2. The number of carbonyl (C=O) groups is 2. The molecule has 8 nitrogen and oxygen atoms in total. The van der Waals surface area contributed by atoms with Gasteiger partial charge in [0.15, 0.2) is 0 Å². The van der Waals surface area contributed by atoms with Gasteiger partial charge in [-0.15, -0.1) is 0 Å². The van der Waals surface area contributed by atoms with Gasteiger partial charge in [0, 0.05) is 13.1 Å². The predicted molar refractivity (Wildman–Crippen MR) is 168 cm³/mol. The molecular weight excluding hydrogens is 597 g/mol. The van der Waals surface area contributed by atoms with Crippen LogP contribution in [0.1, 0.15) is 38.3 Å². The van der Waals surface area contributed by atoms with Crippen LogP contribution in [0, 0.1) is 12.8 Å². The first-order valence-corrected chi connectivity index (χ1v) is 15.8. The van der Waals surface area contributed by atoms with E-state index in [9.17, 15) is 18.0 Å². The summed E-state index contributed by atoms with van der Waals surface area (Å²) in [4.78, 5) is 28.9. The van der Waals surface area contributed by atoms with Crippen molar-refractivity contribution in [2.75, 3.05) is 24.5 Å². The number of benzene rings is 3. The zero-order valence-electron chi connectivity index (χ0n) is 24.4. The first-order valence-electron chi connectivity index (χ1n) is 13.6. The smallest absolute Gasteiger partial charge is 0.264 e. The van der Waals surface area contributed by atoms with Gasteiger partial charge >= 0.3 is 0 Å². The molecule has 1 atom stereocenters. The molecule has 0 aliphatic rings. The number of hydrogen-bond acceptors (Lipinski definition) is 5. The lowest BCUT2D eigenvalue weighted by molar-refractivity contribution is -0.140. The van der Waals surface area contributed by atoms with Crippen molar-refractivity contribution in [3.05, 3.63) is 87.9 Å². The molecular formula is C31H37Cl2N3O5S. The number of halogens is 2. The minimum Gasteiger partial charge on any atom is -0.497 e. The van der Waals surface area contributed by atoms with Crippen LogP contribution in [0.5, 0.6) is 5.75 Å². The Morgan fingerprint density at radius 1 is 0.976 bits per heavy atom. The average molecular weight is 635 g/mol. The Bertz CT molecular complexity index is 1500. The van der Waals surface area contributed by atoms with Crippen LogP contribution in [0.4, 0.5) is 5.69 Å². The number of ether oxygens (including phenoxy) is 1. The first kappa shape index (κ1) is 33.2. The van der Waals surface area contributed by atoms with Crippen LogP contribution >= 0.6 is 23.2 Å². The van der Waals surface area contributed by atoms with E-state index in [-0.39, 0.29) is 39.0 Å². The van der Waals surface area contributed by atoms with Gasteiger partial charge in [-0.05, 0) is 67.3 Å². The van der Waals surface area contributed by atoms with E-state index in [0.717, 1.165) is 15.4 Å². The second kappa shape index (κ2) is 14.8. The number of anilines is 1. The predicted octanol–water partition coefficient (Wildman–Crippen LogP) is 6.09. The molecule has 0 aliphatic heterocycles. The normalized spacial score (nSPS) is 12.1. The van der Waals surface area contributed by atoms with Crippen molar-refractivity contribution in [1.29, 1.82) is 0 Å². The molecule has 0 unspecified atom stereocenters. The highest BCUT2D eigenvalue weighted by molar-refractivity contribution is 7.92. The fraction of sp³-hybridized carbons (Fsp3) is 0.355. The lowest BCUT2D eigenvalue weighted by Crippen LogP contribution is -2.52. The van der Waals surface area contributed by atoms with Crippen molar-refractivity contribution in [3.63, 3.8) is 0 Å². The number of nitrogens with zero attached hydrogens (tertiary/aromatic N) is 2. The van der Waals surface area contributed by atoms with Crippen LogP contribution in [0.15, 0.2) is 71.6 Å². The molecule has 42 heavy (non-hydrogen) atoms. The Hall–Kier alpha value is -3.27. The van der Waals surface area contributed by atoms with Crippen LogP contribution in [0.25, 0.3) is 0 Å². The number of nitrogens with one attached hydrogen (secondary N) is 1. The zero-order valence-corrected chi connectivity index (χ0v) is 26.8. The SMILES string of the molecule is CC[C@H](C(=O)NCC(C)C)N(Cc1cccc(OC)c1)C(=O)CN(c1ccc(Cl)c(Cl)c1)S(=O)(=O)c1ccc(C)cc1. The summed E-state index contributed by atoms with van der Waals surface area (Å²) >= 11 is 12.4. The fourth-order valence-corrected chi connectivity index (χ4v) is 6.01. The molecule has 3 aromatic carbocycles. The quantitative estimate of drug-likeness (QED) is 0.246. The zero-order chi connectivity index (χ0) is 31.0. The molecule has 11 heteroatoms. The Morgan fingerprint density at radius 2 is 1.67 bits per heavy atom. The lowest BCUT2D eigenvalue weighted by Gasteiger charge is -2.33. The molecule has 2 amide bonds. The summed E-state index contributed by atoms with van der Waals surface area (Å²) in [5, 5.41) is 3.30. The summed E-state index contributed by atoms with van der Waals surface area (Å²) in [6, 6.07) is 17.0. The third-order valence-electron chi connectivity index (χ3n) is 6.64. The molecule has 0 radical (unpaired) electrons. The maximum atomic E-state index is 14.2. The maximum Gasteiger partial charge on any atom is 0.264 e. The van der Waals surface area contributed by atoms with Gasteiger partial charge in [-0.2, -0.15) is 0 Å². The third kappa shape index (κ3) is 8.40. The summed E-state index contributed by atoms with van der Waals surface area (Å²) in [7, 11) is -2.68. The minimum absolute atomic E-state index is 0.00744. The molecule has 0 spiro atoms. The van der Waals surface area contributed by atoms with Gasteiger partial charge in [0.25, 0.3) is 10.0 Å². The molecule has 0 bridgehead atoms. The molecule has 0 heterocycles. The highest BCUT2D eigenvalue weighted by Crippen LogP contribution is 2.31. The van der Waals surface area contributed by atoms with E-state index in [1.165, 1.54) is 35.2 Å². The number of hydrogen-bond donors (Lipinski definition) is 1. The van der Waals surface area contributed by atoms with E-state index in [1.807, 2.05) is 33.8 Å². The van der Waals surface area contributed by atoms with Gasteiger partial charge in [-0.1, -0.05) is 73.8 Å². The van der Waals surface area contributed by atoms with Crippen molar-refractivity contribution >= 4 is 50.7 Å². The first-order chi connectivity index (χ1) is 19.9. The van der Waals surface area contributed by atoms with Crippen molar-refractivity contribution < 1.29 is 22.7 Å². The number of methoxy groups -OCH3 is 1. The summed E-state index contributed by atoms with van der Waals surface area (Å²) in [6.45, 7) is 7.54. The standard InChI is InChI=1S/C31H37Cl2N3O5S/c1-6-29(31(38)34-18-21(2)3)35(19-23-8-7-9-25(16-23)41-5)30(37)20-36(24-12-15-27(32)28(33)17-24)42(39,40)26-13-10-22(4)11-14-26/h7-17,21,29H,6,18-20H2,1-5H3,(H,34,38)/t29-/m1/s1. The monoisotopic (exact) mass is 633 g/mol. The number of rotatable bonds is 13. The molecule has 226 valence electrons. The van der Waals surface area contributed by atoms with Gasteiger partial charge in [-0.3, -0.25) is 13.9 Å². The summed E-state index contributed by atoms with van der Waals surface area (Å²) < 4.78 is 34.3. The largest absolute Gasteiger partial charge is 0.497 e. The van der Waals surface area contributed by atoms with Crippen molar-refractivity contribution in [3.8, 4) is 5.75 Å². The molecule has 0 saturated heterocycles. The van der Waals surface area contributed by atoms with Crippen LogP contribution in [0.3, 0.4) is 0 Å². The Morgan fingerprint density at radius 3 is 2.26 bits per heavy atom. The molecule has 3 rings (SSSR count). The van der Waals surface area contributed by atoms with Crippen LogP contribution in [-0.4, -0.2) is 51.4 Å². The highest BCUT2D eigenvalue weighted by atomic mass is 35.5. The van der Waals surface area contributed by atoms with Crippen LogP contribution < -0.4 is 14.4 Å². The maximum absolute atomic E-state index is 14.2. The van der Waals surface area contributed by atoms with E-state index < -0.39 is 28.5 Å². The van der Waals surface area contributed by atoms with Crippen molar-refractivity contribution in [1.82, 2.24) is 10.2 Å². The van der Waals surface area contributed by atoms with Crippen LogP contribution in [-0.2, 0) is 26.2 Å². The fourth-order valence-electron chi connectivity index (χ4n) is 4.32. The van der Waals surface area contributed by atoms with Gasteiger partial charge < -0.3 is 15.0 Å². The van der Waals surface area contributed by atoms with E-state index in [4.69, 9.17) is 27.9 Å². The Kier molecular flexibility index (Phi) is 11.7. The average Bonchev–Trinajstić information content (AvgIpc) is 2.96. The number of sulfonamides is 1. The van der Waals surface area contributed by atoms with E-state index >= 15 is 0 Å². The molecule has 0 aromatic heterocycles. The molecule has 0 saturated carbocycles. The van der Waals surface area contributed by atoms with E-state index in [1.54, 1.807) is 37.4 Å². The van der Waals surface area contributed by atoms with Crippen molar-refractivity contribution in [2.45, 2.75) is 51.6 Å². The van der Waals surface area contributed by atoms with E-state index in [0.29, 0.717) is 18.7 Å². The summed E-state index contributed by atoms with van der Waals surface area (Å²) in [5.74, 6) is -0.0774. The Labute approximate surface area is 258 Å². The molecule has 0 fully saturated rings. The Balaban J connectivity index is 2.08. The highest BCUT2D eigenvalue weighted by Gasteiger charge is 2.34. The summed E-state index contributed by atoms with van der Waals surface area (Å²) in [6.07, 6.45) is 0.317. The topological polar surface area (TPSA) is 96.0 Å². The van der Waals surface area contributed by atoms with Gasteiger partial charge in [-0.25, -0.2) is 8.42 Å². The van der Waals surface area contributed by atoms with Gasteiger partial charge in [0.05, 0.1) is 27.7 Å². The molecule has 1 N–H and O–H groups in total. The second-order valence-electron chi connectivity index (χ2n) is 10.4. The van der Waals surface area contributed by atoms with Crippen molar-refractivity contribution in [2.24, 2.45) is 5.92 Å². The second-order valence-corrected chi connectivity index (χ2v) is 13.0. The van der Waals surface area contributed by atoms with Gasteiger partial charge in [0.1, 0.15) is 18.3 Å². The van der Waals surface area contributed by atoms with Gasteiger partial charge in [0.2, 0.25) is 11.8 Å². The van der Waals surface area contributed by atoms with E-state index in [2.05, 4.69) is 5.32 Å². The minimum atomic E-state index is -4.22. The number of amides is 2. The molecule has 0 aliphatic carbocycles. The number of aryl methyl sites for hydroxylation is 1.